The van der Waals surface area contributed by atoms with Gasteiger partial charge in [0.15, 0.2) is 0 Å². The molecule has 0 radical (unpaired) electrons. The van der Waals surface area contributed by atoms with Gasteiger partial charge in [0.2, 0.25) is 15.9 Å². The number of sulfonamides is 1. The quantitative estimate of drug-likeness (QED) is 0.392. The van der Waals surface area contributed by atoms with Crippen molar-refractivity contribution in [1.29, 1.82) is 0 Å². The van der Waals surface area contributed by atoms with Gasteiger partial charge in [-0.1, -0.05) is 24.8 Å². The van der Waals surface area contributed by atoms with Gasteiger partial charge >= 0.3 is 6.18 Å². The Morgan fingerprint density at radius 1 is 1.16 bits per heavy atom. The molecule has 0 aliphatic carbocycles. The molecule has 4 rings (SSSR count). The highest BCUT2D eigenvalue weighted by atomic mass is 32.2. The lowest BCUT2D eigenvalue weighted by Crippen LogP contribution is -2.50. The Labute approximate surface area is 254 Å². The van der Waals surface area contributed by atoms with Crippen LogP contribution in [0.4, 0.5) is 13.2 Å². The third-order valence-corrected chi connectivity index (χ3v) is 9.09. The smallest absolute Gasteiger partial charge is 0.416 e. The molecular weight excluding hydrogens is 599 g/mol. The van der Waals surface area contributed by atoms with Gasteiger partial charge in [-0.15, -0.1) is 0 Å². The molecule has 0 unspecified atom stereocenters. The van der Waals surface area contributed by atoms with Gasteiger partial charge in [-0.05, 0) is 49.4 Å². The van der Waals surface area contributed by atoms with E-state index in [1.54, 1.807) is 19.1 Å². The monoisotopic (exact) mass is 631 g/mol. The van der Waals surface area contributed by atoms with Crippen LogP contribution in [0.15, 0.2) is 65.7 Å². The third-order valence-electron chi connectivity index (χ3n) is 7.27. The Kier molecular flexibility index (Phi) is 9.88. The number of carbonyl (C=O) groups is 1. The molecule has 1 aliphatic rings. The summed E-state index contributed by atoms with van der Waals surface area (Å²) in [6.45, 7) is 3.26. The lowest BCUT2D eigenvalue weighted by molar-refractivity contribution is -0.137. The fraction of sp³-hybridized carbons (Fsp3) is 0.355. The van der Waals surface area contributed by atoms with Crippen LogP contribution in [0.1, 0.15) is 40.9 Å². The summed E-state index contributed by atoms with van der Waals surface area (Å²) in [5.74, 6) is 5.11. The number of amides is 1. The Hall–Kier alpha value is -4.12. The van der Waals surface area contributed by atoms with Crippen molar-refractivity contribution in [3.8, 4) is 23.5 Å². The topological polar surface area (TPSA) is 109 Å². The highest BCUT2D eigenvalue weighted by Gasteiger charge is 2.36. The van der Waals surface area contributed by atoms with Crippen LogP contribution in [0.3, 0.4) is 0 Å². The highest BCUT2D eigenvalue weighted by Crippen LogP contribution is 2.30. The van der Waals surface area contributed by atoms with E-state index < -0.39 is 39.8 Å². The van der Waals surface area contributed by atoms with Crippen LogP contribution in [0.5, 0.6) is 11.6 Å². The molecule has 13 heteroatoms. The molecule has 0 saturated heterocycles. The van der Waals surface area contributed by atoms with E-state index in [0.717, 1.165) is 16.4 Å². The Morgan fingerprint density at radius 2 is 1.84 bits per heavy atom. The third kappa shape index (κ3) is 7.32. The van der Waals surface area contributed by atoms with E-state index in [2.05, 4.69) is 16.8 Å². The maximum atomic E-state index is 13.6. The summed E-state index contributed by atoms with van der Waals surface area (Å²) in [7, 11) is -1.07. The number of hydrogen-bond donors (Lipinski definition) is 1. The molecule has 0 bridgehead atoms. The molecule has 0 saturated carbocycles. The molecule has 0 spiro atoms. The molecule has 234 valence electrons. The molecule has 44 heavy (non-hydrogen) atoms. The van der Waals surface area contributed by atoms with Gasteiger partial charge in [-0.3, -0.25) is 4.79 Å². The summed E-state index contributed by atoms with van der Waals surface area (Å²) >= 11 is 0. The number of ether oxygens (including phenoxy) is 2. The van der Waals surface area contributed by atoms with Crippen molar-refractivity contribution >= 4 is 15.9 Å². The molecule has 1 amide bonds. The molecule has 3 atom stereocenters. The fourth-order valence-electron chi connectivity index (χ4n) is 4.57. The van der Waals surface area contributed by atoms with Crippen molar-refractivity contribution in [1.82, 2.24) is 14.2 Å². The van der Waals surface area contributed by atoms with Gasteiger partial charge in [0, 0.05) is 42.9 Å². The predicted octanol–water partition coefficient (Wildman–Crippen LogP) is 4.05. The van der Waals surface area contributed by atoms with Crippen molar-refractivity contribution in [3.05, 3.63) is 83.0 Å². The summed E-state index contributed by atoms with van der Waals surface area (Å²) < 4.78 is 77.9. The highest BCUT2D eigenvalue weighted by molar-refractivity contribution is 7.89. The van der Waals surface area contributed by atoms with E-state index in [4.69, 9.17) is 9.47 Å². The Balaban J connectivity index is 1.66. The van der Waals surface area contributed by atoms with Crippen LogP contribution < -0.4 is 9.47 Å². The largest absolute Gasteiger partial charge is 0.497 e. The van der Waals surface area contributed by atoms with Crippen molar-refractivity contribution in [2.75, 3.05) is 33.9 Å². The number of alkyl halides is 3. The zero-order chi connectivity index (χ0) is 32.2. The number of fused-ring (bicyclic) bond motifs is 1. The maximum absolute atomic E-state index is 13.6. The van der Waals surface area contributed by atoms with Gasteiger partial charge in [-0.25, -0.2) is 13.4 Å². The summed E-state index contributed by atoms with van der Waals surface area (Å²) in [6.07, 6.45) is -3.84. The second-order valence-corrected chi connectivity index (χ2v) is 12.5. The van der Waals surface area contributed by atoms with Crippen LogP contribution >= 0.6 is 0 Å². The van der Waals surface area contributed by atoms with E-state index in [0.29, 0.717) is 16.9 Å². The van der Waals surface area contributed by atoms with Crippen LogP contribution in [0.2, 0.25) is 0 Å². The van der Waals surface area contributed by atoms with Crippen molar-refractivity contribution in [2.24, 2.45) is 5.92 Å². The number of rotatable bonds is 7. The molecule has 0 fully saturated rings. The second kappa shape index (κ2) is 13.3. The average molecular weight is 632 g/mol. The molecular formula is C31H32F3N3O6S. The number of halogens is 3. The SMILES string of the molecule is COc1cccc(S(=O)(=O)N(C)C[C@@H]2Oc3ncc(C#Cc4ccc(C(F)(F)F)cc4)cc3C(=O)N([C@H](C)CO)C[C@@H]2C)c1. The molecule has 9 nitrogen and oxygen atoms in total. The first-order chi connectivity index (χ1) is 20.7. The number of aromatic nitrogens is 1. The second-order valence-electron chi connectivity index (χ2n) is 10.5. The fourth-order valence-corrected chi connectivity index (χ4v) is 5.79. The summed E-state index contributed by atoms with van der Waals surface area (Å²) in [4.78, 5) is 19.5. The van der Waals surface area contributed by atoms with Crippen LogP contribution in [-0.4, -0.2) is 79.6 Å². The minimum atomic E-state index is -4.47. The van der Waals surface area contributed by atoms with Gasteiger partial charge < -0.3 is 19.5 Å². The number of likely N-dealkylation sites (N-methyl/N-ethyl adjacent to an activating group) is 1. The minimum absolute atomic E-state index is 0.0334. The van der Waals surface area contributed by atoms with Gasteiger partial charge in [0.05, 0.1) is 36.8 Å². The molecule has 2 heterocycles. The van der Waals surface area contributed by atoms with Gasteiger partial charge in [-0.2, -0.15) is 17.5 Å². The number of carbonyl (C=O) groups excluding carboxylic acids is 1. The number of hydrogen-bond acceptors (Lipinski definition) is 7. The van der Waals surface area contributed by atoms with E-state index in [9.17, 15) is 31.5 Å². The van der Waals surface area contributed by atoms with E-state index in [1.165, 1.54) is 55.6 Å². The molecule has 1 aromatic heterocycles. The summed E-state index contributed by atoms with van der Waals surface area (Å²) in [5, 5.41) is 9.89. The minimum Gasteiger partial charge on any atom is -0.497 e. The molecule has 1 N–H and O–H groups in total. The standard InChI is InChI=1S/C31H32F3N3O6S/c1-20-17-37(21(2)19-38)30(39)27-14-23(9-8-22-10-12-24(13-11-22)31(32,33)34)16-35-29(27)43-28(20)18-36(3)44(40,41)26-7-5-6-25(15-26)42-4/h5-7,10-16,20-21,28,38H,17-19H2,1-4H3/t20-,21+,28-/m0/s1. The van der Waals surface area contributed by atoms with E-state index in [-0.39, 0.29) is 42.0 Å². The number of aliphatic hydroxyl groups excluding tert-OH is 1. The van der Waals surface area contributed by atoms with E-state index in [1.807, 2.05) is 6.92 Å². The normalized spacial score (nSPS) is 17.9. The first-order valence-corrected chi connectivity index (χ1v) is 15.1. The van der Waals surface area contributed by atoms with Crippen molar-refractivity contribution in [2.45, 2.75) is 37.1 Å². The maximum Gasteiger partial charge on any atom is 0.416 e. The summed E-state index contributed by atoms with van der Waals surface area (Å²) in [6, 6.07) is 11.3. The average Bonchev–Trinajstić information content (AvgIpc) is 3.01. The molecule has 1 aliphatic heterocycles. The Morgan fingerprint density at radius 3 is 2.48 bits per heavy atom. The number of pyridine rings is 1. The first-order valence-electron chi connectivity index (χ1n) is 13.6. The van der Waals surface area contributed by atoms with Gasteiger partial charge in [0.1, 0.15) is 17.4 Å². The summed E-state index contributed by atoms with van der Waals surface area (Å²) in [5.41, 5.74) is -0.103. The van der Waals surface area contributed by atoms with Crippen LogP contribution in [0.25, 0.3) is 0 Å². The van der Waals surface area contributed by atoms with Crippen LogP contribution in [-0.2, 0) is 16.2 Å². The lowest BCUT2D eigenvalue weighted by Gasteiger charge is -2.37. The lowest BCUT2D eigenvalue weighted by atomic mass is 10.0. The number of benzene rings is 2. The van der Waals surface area contributed by atoms with E-state index >= 15 is 0 Å². The van der Waals surface area contributed by atoms with Crippen LogP contribution in [0, 0.1) is 17.8 Å². The molecule has 3 aromatic rings. The number of aliphatic hydroxyl groups is 1. The van der Waals surface area contributed by atoms with Crippen molar-refractivity contribution < 1.29 is 41.0 Å². The molecule has 2 aromatic carbocycles. The van der Waals surface area contributed by atoms with Gasteiger partial charge in [0.25, 0.3) is 5.91 Å². The number of nitrogens with zero attached hydrogens (tertiary/aromatic N) is 3. The van der Waals surface area contributed by atoms with Crippen molar-refractivity contribution in [3.63, 3.8) is 0 Å². The first kappa shape index (κ1) is 32.8. The Bertz CT molecular complexity index is 1670. The number of methoxy groups -OCH3 is 1. The zero-order valence-corrected chi connectivity index (χ0v) is 25.3. The predicted molar refractivity (Wildman–Crippen MR) is 156 cm³/mol. The zero-order valence-electron chi connectivity index (χ0n) is 24.5.